The maximum absolute atomic E-state index is 12.5. The molecule has 2 aliphatic rings. The van der Waals surface area contributed by atoms with Gasteiger partial charge in [0, 0.05) is 25.1 Å². The summed E-state index contributed by atoms with van der Waals surface area (Å²) in [5, 5.41) is 17.8. The van der Waals surface area contributed by atoms with Gasteiger partial charge in [-0.3, -0.25) is 15.0 Å². The third-order valence-electron chi connectivity index (χ3n) is 6.40. The first-order chi connectivity index (χ1) is 13.8. The van der Waals surface area contributed by atoms with Crippen LogP contribution in [-0.2, 0) is 11.2 Å². The molecule has 0 bridgehead atoms. The first-order valence-corrected chi connectivity index (χ1v) is 10.7. The predicted octanol–water partition coefficient (Wildman–Crippen LogP) is 3.55. The highest BCUT2D eigenvalue weighted by Crippen LogP contribution is 2.37. The summed E-state index contributed by atoms with van der Waals surface area (Å²) in [6.45, 7) is 1.48. The highest BCUT2D eigenvalue weighted by molar-refractivity contribution is 6.47. The van der Waals surface area contributed by atoms with Gasteiger partial charge in [0.25, 0.3) is 0 Å². The fourth-order valence-electron chi connectivity index (χ4n) is 4.73. The van der Waals surface area contributed by atoms with Gasteiger partial charge in [-0.25, -0.2) is 0 Å². The molecule has 1 atom stereocenters. The van der Waals surface area contributed by atoms with Crippen LogP contribution < -0.4 is 10.4 Å². The number of carbonyl (C=O) groups is 2. The molecular weight excluding hydrogens is 367 g/mol. The number of nitrogens with one attached hydrogen (secondary N) is 1. The van der Waals surface area contributed by atoms with E-state index in [9.17, 15) is 14.6 Å². The Morgan fingerprint density at radius 1 is 1.21 bits per heavy atom. The topological polar surface area (TPSA) is 113 Å². The van der Waals surface area contributed by atoms with Gasteiger partial charge in [0.15, 0.2) is 5.78 Å². The van der Waals surface area contributed by atoms with Crippen molar-refractivity contribution in [3.05, 3.63) is 29.3 Å². The van der Waals surface area contributed by atoms with Crippen LogP contribution in [-0.4, -0.2) is 29.5 Å². The van der Waals surface area contributed by atoms with E-state index in [1.165, 1.54) is 6.92 Å². The number of Topliss-reactive ketones (excluding diaryl/α,β-unsaturated/α-hetero) is 2. The second-order valence-corrected chi connectivity index (χ2v) is 8.72. The summed E-state index contributed by atoms with van der Waals surface area (Å²) in [4.78, 5) is 24.3. The number of carbonyl (C=O) groups excluding carboxylic acids is 2. The van der Waals surface area contributed by atoms with Crippen molar-refractivity contribution in [2.45, 2.75) is 70.5 Å². The maximum atomic E-state index is 12.5. The second kappa shape index (κ2) is 9.57. The number of rotatable bonds is 8. The Morgan fingerprint density at radius 3 is 2.55 bits per heavy atom. The van der Waals surface area contributed by atoms with Crippen LogP contribution >= 0.6 is 0 Å². The molecule has 0 radical (unpaired) electrons. The van der Waals surface area contributed by atoms with E-state index < -0.39 is 7.12 Å². The molecule has 1 heterocycles. The monoisotopic (exact) mass is 398 g/mol. The lowest BCUT2D eigenvalue weighted by Crippen LogP contribution is -2.35. The Kier molecular flexibility index (Phi) is 7.11. The molecule has 0 aromatic heterocycles. The van der Waals surface area contributed by atoms with Crippen LogP contribution in [0.5, 0.6) is 5.75 Å². The molecule has 0 unspecified atom stereocenters. The van der Waals surface area contributed by atoms with Crippen molar-refractivity contribution in [3.63, 3.8) is 0 Å². The minimum Gasteiger partial charge on any atom is -0.535 e. The largest absolute Gasteiger partial charge is 0.535 e. The molecule has 156 valence electrons. The van der Waals surface area contributed by atoms with E-state index in [1.54, 1.807) is 6.07 Å². The first-order valence-electron chi connectivity index (χ1n) is 10.7. The zero-order chi connectivity index (χ0) is 21.0. The van der Waals surface area contributed by atoms with E-state index in [0.717, 1.165) is 37.7 Å². The Morgan fingerprint density at radius 2 is 1.90 bits per heavy atom. The molecule has 3 rings (SSSR count). The molecule has 1 aliphatic carbocycles. The number of para-hydroxylation sites is 1. The number of ketones is 2. The molecule has 1 aromatic carbocycles. The molecule has 0 spiro atoms. The molecule has 1 saturated carbocycles. The quantitative estimate of drug-likeness (QED) is 0.268. The first kappa shape index (κ1) is 21.6. The van der Waals surface area contributed by atoms with Crippen LogP contribution in [0.15, 0.2) is 18.2 Å². The standard InChI is InChI=1S/C22H31BN2O4/c1-14(26)20-4-2-3-17-12-18(23(28)29-22(17)20)13-19(27)10-9-15-5-7-16(8-6-15)11-21(24)25/h2-4,15-16,18,28H,5-13H2,1H3,(H3,24,25)/t15?,16?,18-/m1/s1. The van der Waals surface area contributed by atoms with Crippen LogP contribution in [0, 0.1) is 17.2 Å². The van der Waals surface area contributed by atoms with Gasteiger partial charge in [0.1, 0.15) is 11.5 Å². The van der Waals surface area contributed by atoms with Gasteiger partial charge in [-0.15, -0.1) is 0 Å². The number of hydrogen-bond acceptors (Lipinski definition) is 5. The Hall–Kier alpha value is -2.15. The molecule has 1 aromatic rings. The summed E-state index contributed by atoms with van der Waals surface area (Å²) < 4.78 is 5.63. The number of hydrogen-bond donors (Lipinski definition) is 3. The van der Waals surface area contributed by atoms with Crippen molar-refractivity contribution in [1.82, 2.24) is 0 Å². The molecule has 29 heavy (non-hydrogen) atoms. The van der Waals surface area contributed by atoms with Crippen molar-refractivity contribution in [3.8, 4) is 5.75 Å². The van der Waals surface area contributed by atoms with Gasteiger partial charge in [-0.05, 0) is 56.1 Å². The second-order valence-electron chi connectivity index (χ2n) is 8.72. The minimum absolute atomic E-state index is 0.0957. The van der Waals surface area contributed by atoms with Gasteiger partial charge >= 0.3 is 7.12 Å². The lowest BCUT2D eigenvalue weighted by Gasteiger charge is -2.29. The number of benzene rings is 1. The lowest BCUT2D eigenvalue weighted by atomic mass is 9.64. The van der Waals surface area contributed by atoms with Crippen LogP contribution in [0.25, 0.3) is 0 Å². The molecule has 7 heteroatoms. The third-order valence-corrected chi connectivity index (χ3v) is 6.40. The number of amidine groups is 1. The fourth-order valence-corrected chi connectivity index (χ4v) is 4.73. The maximum Gasteiger partial charge on any atom is 0.526 e. The average molecular weight is 398 g/mol. The smallest absolute Gasteiger partial charge is 0.526 e. The summed E-state index contributed by atoms with van der Waals surface area (Å²) in [5.41, 5.74) is 6.86. The Bertz CT molecular complexity index is 774. The van der Waals surface area contributed by atoms with Crippen molar-refractivity contribution in [2.75, 3.05) is 0 Å². The van der Waals surface area contributed by atoms with Crippen molar-refractivity contribution >= 4 is 24.5 Å². The fraction of sp³-hybridized carbons (Fsp3) is 0.591. The van der Waals surface area contributed by atoms with E-state index in [2.05, 4.69) is 0 Å². The van der Waals surface area contributed by atoms with Gasteiger partial charge in [0.2, 0.25) is 0 Å². The number of nitrogens with two attached hydrogens (primary N) is 1. The van der Waals surface area contributed by atoms with Crippen LogP contribution in [0.3, 0.4) is 0 Å². The lowest BCUT2D eigenvalue weighted by molar-refractivity contribution is -0.119. The zero-order valence-corrected chi connectivity index (χ0v) is 17.2. The molecule has 1 aliphatic heterocycles. The van der Waals surface area contributed by atoms with Crippen LogP contribution in [0.4, 0.5) is 0 Å². The SMILES string of the molecule is CC(=O)c1cccc2c1OB(O)[C@@H](CC(=O)CCC1CCC(CC(=N)N)CC1)C2. The van der Waals surface area contributed by atoms with Crippen molar-refractivity contribution in [1.29, 1.82) is 5.41 Å². The van der Waals surface area contributed by atoms with E-state index in [4.69, 9.17) is 15.8 Å². The third kappa shape index (κ3) is 5.69. The van der Waals surface area contributed by atoms with E-state index in [-0.39, 0.29) is 23.2 Å². The zero-order valence-electron chi connectivity index (χ0n) is 17.2. The van der Waals surface area contributed by atoms with E-state index in [1.807, 2.05) is 12.1 Å². The highest BCUT2D eigenvalue weighted by atomic mass is 16.5. The molecule has 1 fully saturated rings. The average Bonchev–Trinajstić information content (AvgIpc) is 2.67. The molecular formula is C22H31BN2O4. The molecule has 0 saturated heterocycles. The van der Waals surface area contributed by atoms with Gasteiger partial charge < -0.3 is 15.4 Å². The van der Waals surface area contributed by atoms with E-state index >= 15 is 0 Å². The highest BCUT2D eigenvalue weighted by Gasteiger charge is 2.37. The predicted molar refractivity (Wildman–Crippen MR) is 113 cm³/mol. The molecule has 4 N–H and O–H groups in total. The molecule has 6 nitrogen and oxygen atoms in total. The van der Waals surface area contributed by atoms with Crippen molar-refractivity contribution in [2.24, 2.45) is 17.6 Å². The van der Waals surface area contributed by atoms with Crippen LogP contribution in [0.1, 0.15) is 74.2 Å². The summed E-state index contributed by atoms with van der Waals surface area (Å²) >= 11 is 0. The number of fused-ring (bicyclic) bond motifs is 1. The normalized spacial score (nSPS) is 23.8. The summed E-state index contributed by atoms with van der Waals surface area (Å²) in [6, 6.07) is 5.41. The Labute approximate surface area is 172 Å². The summed E-state index contributed by atoms with van der Waals surface area (Å²) in [5.74, 6) is 1.61. The van der Waals surface area contributed by atoms with E-state index in [0.29, 0.717) is 48.8 Å². The van der Waals surface area contributed by atoms with Gasteiger partial charge in [-0.2, -0.15) is 0 Å². The molecule has 0 amide bonds. The van der Waals surface area contributed by atoms with Crippen LogP contribution in [0.2, 0.25) is 5.82 Å². The minimum atomic E-state index is -1.06. The van der Waals surface area contributed by atoms with Crippen molar-refractivity contribution < 1.29 is 19.3 Å². The Balaban J connectivity index is 1.47. The summed E-state index contributed by atoms with van der Waals surface area (Å²) in [6.07, 6.45) is 7.32. The van der Waals surface area contributed by atoms with Gasteiger partial charge in [0.05, 0.1) is 11.4 Å². The summed E-state index contributed by atoms with van der Waals surface area (Å²) in [7, 11) is -1.06. The van der Waals surface area contributed by atoms with Gasteiger partial charge in [-0.1, -0.05) is 25.0 Å².